The number of nitrogens with one attached hydrogen (secondary N) is 3. The first-order valence-electron chi connectivity index (χ1n) is 8.26. The van der Waals surface area contributed by atoms with Gasteiger partial charge in [0.25, 0.3) is 0 Å². The van der Waals surface area contributed by atoms with Crippen LogP contribution in [0.15, 0.2) is 24.3 Å². The standard InChI is InChI=1S/C17H23FN4O3/c1-22(10-15(23)19-14-8-6-12(18)7-9-14)11-16(24)21-17(25)20-13-4-2-3-5-13/h6-9,13H,2-5,10-11H2,1H3,(H,19,23)(H2,20,21,24,25). The number of amides is 4. The molecule has 0 heterocycles. The van der Waals surface area contributed by atoms with Gasteiger partial charge in [-0.15, -0.1) is 0 Å². The van der Waals surface area contributed by atoms with Crippen molar-refractivity contribution in [2.45, 2.75) is 31.7 Å². The Morgan fingerprint density at radius 2 is 1.68 bits per heavy atom. The van der Waals surface area contributed by atoms with E-state index in [9.17, 15) is 18.8 Å². The Balaban J connectivity index is 1.68. The Kier molecular flexibility index (Phi) is 6.88. The molecule has 1 aliphatic carbocycles. The van der Waals surface area contributed by atoms with Crippen molar-refractivity contribution in [2.24, 2.45) is 0 Å². The highest BCUT2D eigenvalue weighted by Crippen LogP contribution is 2.17. The van der Waals surface area contributed by atoms with Gasteiger partial charge >= 0.3 is 6.03 Å². The number of rotatable bonds is 6. The molecule has 0 unspecified atom stereocenters. The van der Waals surface area contributed by atoms with E-state index in [1.807, 2.05) is 0 Å². The quantitative estimate of drug-likeness (QED) is 0.725. The Bertz CT molecular complexity index is 615. The summed E-state index contributed by atoms with van der Waals surface area (Å²) in [4.78, 5) is 36.9. The smallest absolute Gasteiger partial charge is 0.321 e. The van der Waals surface area contributed by atoms with Crippen LogP contribution in [0.3, 0.4) is 0 Å². The molecule has 1 saturated carbocycles. The van der Waals surface area contributed by atoms with E-state index in [4.69, 9.17) is 0 Å². The summed E-state index contributed by atoms with van der Waals surface area (Å²) in [5.41, 5.74) is 0.472. The zero-order valence-electron chi connectivity index (χ0n) is 14.2. The van der Waals surface area contributed by atoms with E-state index in [0.717, 1.165) is 25.7 Å². The van der Waals surface area contributed by atoms with Crippen molar-refractivity contribution in [3.63, 3.8) is 0 Å². The molecule has 3 N–H and O–H groups in total. The lowest BCUT2D eigenvalue weighted by Crippen LogP contribution is -2.47. The van der Waals surface area contributed by atoms with Crippen molar-refractivity contribution in [3.05, 3.63) is 30.1 Å². The van der Waals surface area contributed by atoms with Gasteiger partial charge in [0.1, 0.15) is 5.82 Å². The minimum atomic E-state index is -0.499. The summed E-state index contributed by atoms with van der Waals surface area (Å²) < 4.78 is 12.8. The molecule has 4 amide bonds. The average Bonchev–Trinajstić information content (AvgIpc) is 3.01. The molecule has 0 radical (unpaired) electrons. The van der Waals surface area contributed by atoms with E-state index in [2.05, 4.69) is 16.0 Å². The number of imide groups is 1. The molecule has 1 aromatic rings. The molecule has 7 nitrogen and oxygen atoms in total. The summed E-state index contributed by atoms with van der Waals surface area (Å²) in [5.74, 6) is -1.20. The maximum absolute atomic E-state index is 12.8. The van der Waals surface area contributed by atoms with Gasteiger partial charge in [0.05, 0.1) is 13.1 Å². The van der Waals surface area contributed by atoms with Crippen molar-refractivity contribution in [1.82, 2.24) is 15.5 Å². The van der Waals surface area contributed by atoms with E-state index < -0.39 is 11.9 Å². The van der Waals surface area contributed by atoms with Gasteiger partial charge < -0.3 is 10.6 Å². The lowest BCUT2D eigenvalue weighted by Gasteiger charge is -2.17. The molecule has 1 aliphatic rings. The van der Waals surface area contributed by atoms with Gasteiger partial charge in [-0.05, 0) is 44.2 Å². The molecule has 0 aromatic heterocycles. The second kappa shape index (κ2) is 9.12. The number of likely N-dealkylation sites (N-methyl/N-ethyl adjacent to an activating group) is 1. The number of nitrogens with zero attached hydrogens (tertiary/aromatic N) is 1. The van der Waals surface area contributed by atoms with Gasteiger partial charge in [0.15, 0.2) is 0 Å². The molecule has 0 bridgehead atoms. The van der Waals surface area contributed by atoms with E-state index in [0.29, 0.717) is 5.69 Å². The van der Waals surface area contributed by atoms with Crippen LogP contribution in [0.2, 0.25) is 0 Å². The molecule has 1 fully saturated rings. The third-order valence-electron chi connectivity index (χ3n) is 3.90. The Labute approximate surface area is 145 Å². The van der Waals surface area contributed by atoms with Crippen LogP contribution in [-0.4, -0.2) is 48.9 Å². The lowest BCUT2D eigenvalue weighted by molar-refractivity contribution is -0.122. The Morgan fingerprint density at radius 1 is 1.08 bits per heavy atom. The van der Waals surface area contributed by atoms with Gasteiger partial charge in [0, 0.05) is 11.7 Å². The number of halogens is 1. The van der Waals surface area contributed by atoms with Gasteiger partial charge in [-0.1, -0.05) is 12.8 Å². The highest BCUT2D eigenvalue weighted by atomic mass is 19.1. The molecule has 136 valence electrons. The van der Waals surface area contributed by atoms with E-state index >= 15 is 0 Å². The highest BCUT2D eigenvalue weighted by molar-refractivity contribution is 5.96. The van der Waals surface area contributed by atoms with Crippen LogP contribution < -0.4 is 16.0 Å². The molecular weight excluding hydrogens is 327 g/mol. The van der Waals surface area contributed by atoms with Crippen molar-refractivity contribution in [2.75, 3.05) is 25.5 Å². The van der Waals surface area contributed by atoms with Crippen molar-refractivity contribution < 1.29 is 18.8 Å². The Morgan fingerprint density at radius 3 is 2.32 bits per heavy atom. The fraction of sp³-hybridized carbons (Fsp3) is 0.471. The van der Waals surface area contributed by atoms with Gasteiger partial charge in [-0.25, -0.2) is 9.18 Å². The van der Waals surface area contributed by atoms with Crippen LogP contribution in [0.4, 0.5) is 14.9 Å². The van der Waals surface area contributed by atoms with Crippen LogP contribution in [-0.2, 0) is 9.59 Å². The molecule has 25 heavy (non-hydrogen) atoms. The number of benzene rings is 1. The van der Waals surface area contributed by atoms with Gasteiger partial charge in [-0.3, -0.25) is 19.8 Å². The molecule has 1 aromatic carbocycles. The topological polar surface area (TPSA) is 90.5 Å². The molecule has 0 spiro atoms. The zero-order chi connectivity index (χ0) is 18.2. The minimum absolute atomic E-state index is 0.0327. The fourth-order valence-electron chi connectivity index (χ4n) is 2.74. The summed E-state index contributed by atoms with van der Waals surface area (Å²) in [6.45, 7) is -0.121. The predicted octanol–water partition coefficient (Wildman–Crippen LogP) is 1.46. The zero-order valence-corrected chi connectivity index (χ0v) is 14.2. The maximum Gasteiger partial charge on any atom is 0.321 e. The fourth-order valence-corrected chi connectivity index (χ4v) is 2.74. The molecule has 8 heteroatoms. The second-order valence-electron chi connectivity index (χ2n) is 6.23. The second-order valence-corrected chi connectivity index (χ2v) is 6.23. The first kappa shape index (κ1) is 18.9. The molecule has 0 aliphatic heterocycles. The number of hydrogen-bond acceptors (Lipinski definition) is 4. The van der Waals surface area contributed by atoms with Crippen LogP contribution >= 0.6 is 0 Å². The third kappa shape index (κ3) is 6.88. The van der Waals surface area contributed by atoms with E-state index in [1.54, 1.807) is 7.05 Å². The molecule has 0 saturated heterocycles. The number of carbonyl (C=O) groups excluding carboxylic acids is 3. The summed E-state index contributed by atoms with van der Waals surface area (Å²) in [6, 6.07) is 5.03. The first-order chi connectivity index (χ1) is 11.9. The van der Waals surface area contributed by atoms with Crippen LogP contribution in [0.1, 0.15) is 25.7 Å². The SMILES string of the molecule is CN(CC(=O)NC(=O)NC1CCCC1)CC(=O)Nc1ccc(F)cc1. The number of carbonyl (C=O) groups is 3. The van der Waals surface area contributed by atoms with Gasteiger partial charge in [0.2, 0.25) is 11.8 Å². The Hall–Kier alpha value is -2.48. The third-order valence-corrected chi connectivity index (χ3v) is 3.90. The molecule has 0 atom stereocenters. The number of anilines is 1. The van der Waals surface area contributed by atoms with Crippen LogP contribution in [0.5, 0.6) is 0 Å². The van der Waals surface area contributed by atoms with E-state index in [-0.39, 0.29) is 30.9 Å². The lowest BCUT2D eigenvalue weighted by atomic mass is 10.2. The highest BCUT2D eigenvalue weighted by Gasteiger charge is 2.19. The normalized spacial score (nSPS) is 14.4. The predicted molar refractivity (Wildman–Crippen MR) is 91.5 cm³/mol. The minimum Gasteiger partial charge on any atom is -0.335 e. The van der Waals surface area contributed by atoms with Crippen molar-refractivity contribution in [3.8, 4) is 0 Å². The summed E-state index contributed by atoms with van der Waals surface area (Å²) in [5, 5.41) is 7.63. The van der Waals surface area contributed by atoms with Gasteiger partial charge in [-0.2, -0.15) is 0 Å². The number of urea groups is 1. The van der Waals surface area contributed by atoms with Crippen LogP contribution in [0, 0.1) is 5.82 Å². The van der Waals surface area contributed by atoms with E-state index in [1.165, 1.54) is 29.2 Å². The van der Waals surface area contributed by atoms with Crippen molar-refractivity contribution in [1.29, 1.82) is 0 Å². The number of hydrogen-bond donors (Lipinski definition) is 3. The summed E-state index contributed by atoms with van der Waals surface area (Å²) >= 11 is 0. The monoisotopic (exact) mass is 350 g/mol. The first-order valence-corrected chi connectivity index (χ1v) is 8.26. The summed E-state index contributed by atoms with van der Waals surface area (Å²) in [7, 11) is 1.60. The molecular formula is C17H23FN4O3. The largest absolute Gasteiger partial charge is 0.335 e. The molecule has 2 rings (SSSR count). The average molecular weight is 350 g/mol. The maximum atomic E-state index is 12.8. The summed E-state index contributed by atoms with van der Waals surface area (Å²) in [6.07, 6.45) is 4.05. The van der Waals surface area contributed by atoms with Crippen molar-refractivity contribution >= 4 is 23.5 Å². The van der Waals surface area contributed by atoms with Crippen LogP contribution in [0.25, 0.3) is 0 Å².